The number of methoxy groups -OCH3 is 1. The number of phenols is 1. The van der Waals surface area contributed by atoms with Crippen molar-refractivity contribution in [3.63, 3.8) is 0 Å². The first-order valence-corrected chi connectivity index (χ1v) is 13.8. The maximum absolute atomic E-state index is 13.0. The largest absolute Gasteiger partial charge is 0.507 e. The highest BCUT2D eigenvalue weighted by Gasteiger charge is 2.45. The summed E-state index contributed by atoms with van der Waals surface area (Å²) in [6.07, 6.45) is 0.139. The van der Waals surface area contributed by atoms with Gasteiger partial charge in [-0.2, -0.15) is 0 Å². The van der Waals surface area contributed by atoms with Gasteiger partial charge < -0.3 is 24.3 Å². The third-order valence-corrected chi connectivity index (χ3v) is 7.90. The quantitative estimate of drug-likeness (QED) is 0.228. The van der Waals surface area contributed by atoms with Crippen molar-refractivity contribution in [3.05, 3.63) is 123 Å². The number of aromatic nitrogens is 2. The summed E-state index contributed by atoms with van der Waals surface area (Å²) < 4.78 is 11.7. The van der Waals surface area contributed by atoms with Crippen LogP contribution in [0.2, 0.25) is 0 Å². The van der Waals surface area contributed by atoms with E-state index in [1.54, 1.807) is 54.0 Å². The second-order valence-corrected chi connectivity index (χ2v) is 10.4. The number of ketones is 1. The molecule has 9 heteroatoms. The van der Waals surface area contributed by atoms with E-state index >= 15 is 0 Å². The molecule has 0 amide bonds. The van der Waals surface area contributed by atoms with Crippen LogP contribution in [0.25, 0.3) is 22.3 Å². The maximum Gasteiger partial charge on any atom is 0.343 e. The van der Waals surface area contributed by atoms with Crippen LogP contribution in [0.15, 0.2) is 89.7 Å². The van der Waals surface area contributed by atoms with Crippen molar-refractivity contribution < 1.29 is 29.3 Å². The normalized spacial score (nSPS) is 16.3. The van der Waals surface area contributed by atoms with E-state index in [0.29, 0.717) is 34.7 Å². The van der Waals surface area contributed by atoms with Crippen LogP contribution in [0.5, 0.6) is 11.5 Å². The molecule has 0 saturated heterocycles. The molecule has 5 aromatic rings. The molecule has 7 rings (SSSR count). The third kappa shape index (κ3) is 4.73. The number of ether oxygens (including phenoxy) is 2. The molecule has 0 radical (unpaired) electrons. The van der Waals surface area contributed by atoms with Crippen molar-refractivity contribution >= 4 is 22.7 Å². The summed E-state index contributed by atoms with van der Waals surface area (Å²) in [5.41, 5.74) is 2.64. The van der Waals surface area contributed by atoms with E-state index in [1.807, 2.05) is 36.4 Å². The van der Waals surface area contributed by atoms with Crippen molar-refractivity contribution in [2.75, 3.05) is 7.11 Å². The topological polar surface area (TPSA) is 128 Å². The lowest BCUT2D eigenvalue weighted by Gasteiger charge is -2.31. The van der Waals surface area contributed by atoms with Crippen LogP contribution in [0.4, 0.5) is 0 Å². The molecule has 1 unspecified atom stereocenters. The van der Waals surface area contributed by atoms with E-state index in [-0.39, 0.29) is 35.7 Å². The number of para-hydroxylation sites is 1. The molecule has 0 fully saturated rings. The predicted octanol–water partition coefficient (Wildman–Crippen LogP) is 4.71. The predicted molar refractivity (Wildman–Crippen MR) is 159 cm³/mol. The Morgan fingerprint density at radius 2 is 1.77 bits per heavy atom. The van der Waals surface area contributed by atoms with E-state index in [9.17, 15) is 24.6 Å². The van der Waals surface area contributed by atoms with Gasteiger partial charge in [0.05, 0.1) is 41.7 Å². The lowest BCUT2D eigenvalue weighted by atomic mass is 9.86. The van der Waals surface area contributed by atoms with Gasteiger partial charge in [-0.3, -0.25) is 9.59 Å². The number of esters is 1. The Labute approximate surface area is 246 Å². The van der Waals surface area contributed by atoms with Crippen LogP contribution >= 0.6 is 0 Å². The molecular formula is C34H28N2O7. The van der Waals surface area contributed by atoms with Gasteiger partial charge in [0.2, 0.25) is 0 Å². The highest BCUT2D eigenvalue weighted by molar-refractivity contribution is 6.10. The van der Waals surface area contributed by atoms with E-state index in [1.165, 1.54) is 13.2 Å². The molecule has 0 aliphatic carbocycles. The molecular weight excluding hydrogens is 548 g/mol. The zero-order valence-corrected chi connectivity index (χ0v) is 23.5. The number of benzene rings is 3. The first-order chi connectivity index (χ1) is 20.7. The van der Waals surface area contributed by atoms with Gasteiger partial charge >= 0.3 is 5.97 Å². The van der Waals surface area contributed by atoms with Gasteiger partial charge in [-0.1, -0.05) is 55.5 Å². The van der Waals surface area contributed by atoms with Gasteiger partial charge in [0, 0.05) is 28.1 Å². The van der Waals surface area contributed by atoms with E-state index < -0.39 is 11.6 Å². The molecule has 2 aliphatic rings. The number of phenolic OH excluding ortho intramolecular Hbond substituents is 1. The fraction of sp³-hybridized carbons (Fsp3) is 0.176. The number of nitrogens with zero attached hydrogens (tertiary/aromatic N) is 2. The minimum absolute atomic E-state index is 0.0711. The SMILES string of the molecule is CCC1(O)C(=O)OCc2c1cc1n(c2=O)Cc2cc3ccccc3nc2-1.COc1ccc(C(=O)c2ccccc2)c(O)c1. The Morgan fingerprint density at radius 3 is 2.49 bits per heavy atom. The van der Waals surface area contributed by atoms with E-state index in [4.69, 9.17) is 14.5 Å². The van der Waals surface area contributed by atoms with Crippen LogP contribution in [0, 0.1) is 0 Å². The standard InChI is InChI=1S/C20H16N2O4.C14H12O3/c1-2-20(25)14-8-16-17-12(7-11-5-3-4-6-15(11)21-17)9-22(16)18(23)13(14)10-26-19(20)24;1-17-11-7-8-12(13(15)9-11)14(16)10-5-3-2-4-6-10/h3-8,25H,2,9-10H2,1H3;2-9,15H,1H3. The summed E-state index contributed by atoms with van der Waals surface area (Å²) in [5.74, 6) is -0.461. The molecule has 43 heavy (non-hydrogen) atoms. The molecule has 2 N–H and O–H groups in total. The summed E-state index contributed by atoms with van der Waals surface area (Å²) in [6.45, 7) is 2.01. The number of carbonyl (C=O) groups excluding carboxylic acids is 2. The number of aromatic hydroxyl groups is 1. The molecule has 2 aromatic heterocycles. The summed E-state index contributed by atoms with van der Waals surface area (Å²) in [4.78, 5) is 41.9. The zero-order chi connectivity index (χ0) is 30.3. The monoisotopic (exact) mass is 576 g/mol. The van der Waals surface area contributed by atoms with Crippen molar-refractivity contribution in [1.82, 2.24) is 9.55 Å². The van der Waals surface area contributed by atoms with E-state index in [2.05, 4.69) is 0 Å². The van der Waals surface area contributed by atoms with Crippen LogP contribution in [0.3, 0.4) is 0 Å². The van der Waals surface area contributed by atoms with Gasteiger partial charge in [0.15, 0.2) is 11.4 Å². The Bertz CT molecular complexity index is 1970. The minimum atomic E-state index is -1.79. The van der Waals surface area contributed by atoms with Crippen LogP contribution < -0.4 is 10.3 Å². The van der Waals surface area contributed by atoms with Crippen molar-refractivity contribution in [2.45, 2.75) is 32.1 Å². The maximum atomic E-state index is 13.0. The van der Waals surface area contributed by atoms with Gasteiger partial charge in [0.25, 0.3) is 5.56 Å². The molecule has 2 aliphatic heterocycles. The smallest absolute Gasteiger partial charge is 0.343 e. The van der Waals surface area contributed by atoms with Gasteiger partial charge in [-0.05, 0) is 36.8 Å². The zero-order valence-electron chi connectivity index (χ0n) is 23.5. The third-order valence-electron chi connectivity index (χ3n) is 7.90. The number of fused-ring (bicyclic) bond motifs is 5. The number of rotatable bonds is 4. The van der Waals surface area contributed by atoms with Crippen LogP contribution in [0.1, 0.15) is 46.0 Å². The Hall–Kier alpha value is -5.28. The fourth-order valence-corrected chi connectivity index (χ4v) is 5.50. The summed E-state index contributed by atoms with van der Waals surface area (Å²) >= 11 is 0. The van der Waals surface area contributed by atoms with Crippen molar-refractivity contribution in [1.29, 1.82) is 0 Å². The van der Waals surface area contributed by atoms with Gasteiger partial charge in [0.1, 0.15) is 18.1 Å². The first kappa shape index (κ1) is 27.9. The molecule has 0 spiro atoms. The number of pyridine rings is 2. The molecule has 3 aromatic carbocycles. The van der Waals surface area contributed by atoms with Crippen molar-refractivity contribution in [3.8, 4) is 22.9 Å². The highest BCUT2D eigenvalue weighted by atomic mass is 16.6. The second kappa shape index (κ2) is 10.8. The molecule has 0 saturated carbocycles. The Kier molecular flexibility index (Phi) is 7.03. The summed E-state index contributed by atoms with van der Waals surface area (Å²) in [6, 6.07) is 25.0. The van der Waals surface area contributed by atoms with Crippen LogP contribution in [-0.2, 0) is 28.3 Å². The molecule has 216 valence electrons. The molecule has 9 nitrogen and oxygen atoms in total. The number of aliphatic hydroxyl groups is 1. The average Bonchev–Trinajstić information content (AvgIpc) is 3.40. The Morgan fingerprint density at radius 1 is 1.02 bits per heavy atom. The van der Waals surface area contributed by atoms with Crippen LogP contribution in [-0.4, -0.2) is 38.6 Å². The number of hydrogen-bond acceptors (Lipinski definition) is 8. The number of carbonyl (C=O) groups is 2. The lowest BCUT2D eigenvalue weighted by Crippen LogP contribution is -2.44. The molecule has 4 heterocycles. The highest BCUT2D eigenvalue weighted by Crippen LogP contribution is 2.38. The summed E-state index contributed by atoms with van der Waals surface area (Å²) in [5, 5.41) is 21.6. The Balaban J connectivity index is 0.000000168. The average molecular weight is 577 g/mol. The second-order valence-electron chi connectivity index (χ2n) is 10.4. The van der Waals surface area contributed by atoms with Gasteiger partial charge in [-0.25, -0.2) is 9.78 Å². The first-order valence-electron chi connectivity index (χ1n) is 13.8. The fourth-order valence-electron chi connectivity index (χ4n) is 5.50. The minimum Gasteiger partial charge on any atom is -0.507 e. The number of cyclic esters (lactones) is 1. The molecule has 0 bridgehead atoms. The number of hydrogen-bond donors (Lipinski definition) is 2. The molecule has 1 atom stereocenters. The van der Waals surface area contributed by atoms with Crippen molar-refractivity contribution in [2.24, 2.45) is 0 Å². The lowest BCUT2D eigenvalue weighted by molar-refractivity contribution is -0.172. The van der Waals surface area contributed by atoms with E-state index in [0.717, 1.165) is 22.2 Å². The summed E-state index contributed by atoms with van der Waals surface area (Å²) in [7, 11) is 1.51. The van der Waals surface area contributed by atoms with Gasteiger partial charge in [-0.15, -0.1) is 0 Å².